The van der Waals surface area contributed by atoms with E-state index in [-0.39, 0.29) is 6.42 Å². The highest BCUT2D eigenvalue weighted by Gasteiger charge is 2.54. The average Bonchev–Trinajstić information content (AvgIpc) is 2.79. The number of hydrogen-bond acceptors (Lipinski definition) is 6. The van der Waals surface area contributed by atoms with Crippen LogP contribution in [0, 0.1) is 34.5 Å². The van der Waals surface area contributed by atoms with Gasteiger partial charge in [0, 0.05) is 0 Å². The smallest absolute Gasteiger partial charge is 0.318 e. The van der Waals surface area contributed by atoms with Gasteiger partial charge in [0.2, 0.25) is 5.91 Å². The van der Waals surface area contributed by atoms with Crippen molar-refractivity contribution >= 4 is 23.8 Å². The van der Waals surface area contributed by atoms with Gasteiger partial charge < -0.3 is 9.84 Å². The summed E-state index contributed by atoms with van der Waals surface area (Å²) in [6.45, 7) is 10.5. The molecule has 0 radical (unpaired) electrons. The van der Waals surface area contributed by atoms with E-state index in [0.29, 0.717) is 6.42 Å². The highest BCUT2D eigenvalue weighted by atomic mass is 16.6. The van der Waals surface area contributed by atoms with E-state index >= 15 is 0 Å². The molecular formula is C18H30N2O6. The van der Waals surface area contributed by atoms with Crippen LogP contribution in [0.15, 0.2) is 0 Å². The van der Waals surface area contributed by atoms with Crippen molar-refractivity contribution in [3.05, 3.63) is 0 Å². The minimum atomic E-state index is -1.16. The number of rotatable bonds is 8. The van der Waals surface area contributed by atoms with Gasteiger partial charge in [-0.25, -0.2) is 5.84 Å². The fraction of sp³-hybridized carbons (Fsp3) is 0.778. The molecule has 8 heteroatoms. The quantitative estimate of drug-likeness (QED) is 0.193. The molecule has 1 aliphatic heterocycles. The summed E-state index contributed by atoms with van der Waals surface area (Å²) in [5.41, 5.74) is 0.556. The summed E-state index contributed by atoms with van der Waals surface area (Å²) < 4.78 is 4.87. The Morgan fingerprint density at radius 2 is 1.77 bits per heavy atom. The van der Waals surface area contributed by atoms with E-state index in [1.165, 1.54) is 6.92 Å². The number of aliphatic carboxylic acids is 1. The second-order valence-electron chi connectivity index (χ2n) is 8.47. The van der Waals surface area contributed by atoms with E-state index in [2.05, 4.69) is 0 Å². The molecule has 0 aromatic rings. The molecule has 0 bridgehead atoms. The van der Waals surface area contributed by atoms with Crippen LogP contribution in [0.3, 0.4) is 0 Å². The number of nitrogens with one attached hydrogen (secondary N) is 1. The maximum absolute atomic E-state index is 12.3. The molecule has 0 aliphatic carbocycles. The minimum Gasteiger partial charge on any atom is -0.481 e. The molecule has 1 fully saturated rings. The van der Waals surface area contributed by atoms with Gasteiger partial charge in [0.1, 0.15) is 0 Å². The van der Waals surface area contributed by atoms with Crippen molar-refractivity contribution in [2.75, 3.05) is 0 Å². The number of cyclic esters (lactones) is 2. The lowest BCUT2D eigenvalue weighted by Gasteiger charge is -2.38. The summed E-state index contributed by atoms with van der Waals surface area (Å²) in [7, 11) is 0. The summed E-state index contributed by atoms with van der Waals surface area (Å²) in [6.07, 6.45) is 0.774. The highest BCUT2D eigenvalue weighted by molar-refractivity contribution is 5.97. The lowest BCUT2D eigenvalue weighted by molar-refractivity contribution is -0.156. The average molecular weight is 370 g/mol. The number of carboxylic acids is 1. The number of carboxylic acid groups (broad SMARTS) is 1. The van der Waals surface area contributed by atoms with Gasteiger partial charge in [-0.3, -0.25) is 24.6 Å². The molecule has 0 spiro atoms. The van der Waals surface area contributed by atoms with Gasteiger partial charge in [0.05, 0.1) is 23.7 Å². The van der Waals surface area contributed by atoms with E-state index in [1.54, 1.807) is 13.8 Å². The van der Waals surface area contributed by atoms with Crippen LogP contribution < -0.4 is 11.3 Å². The van der Waals surface area contributed by atoms with Crippen molar-refractivity contribution in [2.45, 2.75) is 54.4 Å². The van der Waals surface area contributed by atoms with Gasteiger partial charge in [-0.15, -0.1) is 0 Å². The second-order valence-corrected chi connectivity index (χ2v) is 8.47. The van der Waals surface area contributed by atoms with E-state index in [1.807, 2.05) is 26.2 Å². The minimum absolute atomic E-state index is 0.116. The third-order valence-electron chi connectivity index (χ3n) is 5.82. The Morgan fingerprint density at radius 1 is 1.23 bits per heavy atom. The molecule has 148 valence electrons. The third-order valence-corrected chi connectivity index (χ3v) is 5.82. The van der Waals surface area contributed by atoms with Crippen molar-refractivity contribution in [2.24, 2.45) is 40.3 Å². The number of carbonyl (C=O) groups excluding carboxylic acids is 3. The Kier molecular flexibility index (Phi) is 6.57. The number of ether oxygens (including phenoxy) is 1. The first-order valence-electron chi connectivity index (χ1n) is 8.79. The fourth-order valence-corrected chi connectivity index (χ4v) is 4.02. The Balaban J connectivity index is 3.22. The van der Waals surface area contributed by atoms with Crippen LogP contribution in [0.2, 0.25) is 0 Å². The summed E-state index contributed by atoms with van der Waals surface area (Å²) >= 11 is 0. The van der Waals surface area contributed by atoms with E-state index in [0.717, 1.165) is 0 Å². The number of nitrogens with two attached hydrogens (primary N) is 1. The number of esters is 2. The molecule has 8 nitrogen and oxygen atoms in total. The standard InChI is InChI=1S/C18H30N2O6/c1-7-17(3,4)12-10(15(24)26-16(12)25)8-18(5,6)11(14(22)23)9(2)13(21)20-19/h9-12H,7-8,19H2,1-6H3,(H,20,21)(H,22,23). The zero-order valence-corrected chi connectivity index (χ0v) is 16.3. The number of hydrazine groups is 1. The lowest BCUT2D eigenvalue weighted by Crippen LogP contribution is -2.46. The summed E-state index contributed by atoms with van der Waals surface area (Å²) in [4.78, 5) is 48.3. The Hall–Kier alpha value is -1.96. The summed E-state index contributed by atoms with van der Waals surface area (Å²) in [5.74, 6) is -1.19. The molecule has 1 aliphatic rings. The van der Waals surface area contributed by atoms with E-state index in [4.69, 9.17) is 10.6 Å². The fourth-order valence-electron chi connectivity index (χ4n) is 4.02. The maximum atomic E-state index is 12.3. The van der Waals surface area contributed by atoms with E-state index < -0.39 is 58.3 Å². The highest BCUT2D eigenvalue weighted by Crippen LogP contribution is 2.48. The Morgan fingerprint density at radius 3 is 2.19 bits per heavy atom. The predicted octanol–water partition coefficient (Wildman–Crippen LogP) is 1.48. The van der Waals surface area contributed by atoms with Crippen LogP contribution >= 0.6 is 0 Å². The van der Waals surface area contributed by atoms with Gasteiger partial charge in [-0.2, -0.15) is 0 Å². The Bertz CT molecular complexity index is 598. The lowest BCUT2D eigenvalue weighted by atomic mass is 9.63. The molecule has 1 saturated heterocycles. The van der Waals surface area contributed by atoms with Gasteiger partial charge in [0.15, 0.2) is 0 Å². The van der Waals surface area contributed by atoms with Crippen molar-refractivity contribution < 1.29 is 29.0 Å². The van der Waals surface area contributed by atoms with Crippen molar-refractivity contribution in [3.63, 3.8) is 0 Å². The van der Waals surface area contributed by atoms with Crippen molar-refractivity contribution in [3.8, 4) is 0 Å². The van der Waals surface area contributed by atoms with Crippen LogP contribution in [0.5, 0.6) is 0 Å². The molecule has 1 amide bonds. The first kappa shape index (κ1) is 22.1. The van der Waals surface area contributed by atoms with Crippen LogP contribution in [-0.2, 0) is 23.9 Å². The molecule has 0 aromatic carbocycles. The van der Waals surface area contributed by atoms with Crippen molar-refractivity contribution in [1.82, 2.24) is 5.43 Å². The SMILES string of the molecule is CCC(C)(C)C1C(=O)OC(=O)C1CC(C)(C)C(C(=O)O)C(C)C(=O)NN. The molecular weight excluding hydrogens is 340 g/mol. The molecule has 4 N–H and O–H groups in total. The normalized spacial score (nSPS) is 23.3. The van der Waals surface area contributed by atoms with Gasteiger partial charge in [-0.1, -0.05) is 48.0 Å². The van der Waals surface area contributed by atoms with Crippen LogP contribution in [0.1, 0.15) is 54.4 Å². The van der Waals surface area contributed by atoms with E-state index in [9.17, 15) is 24.3 Å². The van der Waals surface area contributed by atoms with Gasteiger partial charge >= 0.3 is 17.9 Å². The molecule has 4 unspecified atom stereocenters. The summed E-state index contributed by atoms with van der Waals surface area (Å²) in [6, 6.07) is 0. The first-order chi connectivity index (χ1) is 11.8. The molecule has 4 atom stereocenters. The molecule has 1 rings (SSSR count). The second kappa shape index (κ2) is 7.73. The predicted molar refractivity (Wildman–Crippen MR) is 93.2 cm³/mol. The third kappa shape index (κ3) is 4.23. The zero-order chi connectivity index (χ0) is 20.4. The molecule has 0 saturated carbocycles. The first-order valence-corrected chi connectivity index (χ1v) is 8.79. The number of hydrogen-bond donors (Lipinski definition) is 3. The molecule has 1 heterocycles. The van der Waals surface area contributed by atoms with Crippen LogP contribution in [0.4, 0.5) is 0 Å². The van der Waals surface area contributed by atoms with Crippen LogP contribution in [-0.4, -0.2) is 28.9 Å². The molecule has 0 aromatic heterocycles. The van der Waals surface area contributed by atoms with Gasteiger partial charge in [-0.05, 0) is 17.3 Å². The summed E-state index contributed by atoms with van der Waals surface area (Å²) in [5, 5.41) is 9.68. The number of amides is 1. The number of carbonyl (C=O) groups is 4. The van der Waals surface area contributed by atoms with Crippen LogP contribution in [0.25, 0.3) is 0 Å². The topological polar surface area (TPSA) is 136 Å². The Labute approximate surface area is 153 Å². The van der Waals surface area contributed by atoms with Crippen molar-refractivity contribution in [1.29, 1.82) is 0 Å². The monoisotopic (exact) mass is 370 g/mol. The zero-order valence-electron chi connectivity index (χ0n) is 16.3. The largest absolute Gasteiger partial charge is 0.481 e. The van der Waals surface area contributed by atoms with Gasteiger partial charge in [0.25, 0.3) is 0 Å². The molecule has 26 heavy (non-hydrogen) atoms. The maximum Gasteiger partial charge on any atom is 0.318 e.